The average Bonchev–Trinajstić information content (AvgIpc) is 2.47. The Balaban J connectivity index is 2.30. The van der Waals surface area contributed by atoms with Gasteiger partial charge >= 0.3 is 0 Å². The van der Waals surface area contributed by atoms with E-state index in [0.717, 1.165) is 15.4 Å². The number of aryl methyl sites for hydroxylation is 1. The van der Waals surface area contributed by atoms with E-state index in [9.17, 15) is 8.42 Å². The van der Waals surface area contributed by atoms with Crippen LogP contribution in [0.3, 0.4) is 0 Å². The van der Waals surface area contributed by atoms with Crippen LogP contribution in [0.2, 0.25) is 5.02 Å². The Morgan fingerprint density at radius 3 is 2.19 bits per heavy atom. The van der Waals surface area contributed by atoms with E-state index in [4.69, 9.17) is 18.0 Å². The summed E-state index contributed by atoms with van der Waals surface area (Å²) >= 11 is 5.81. The average molecular weight is 320 g/mol. The van der Waals surface area contributed by atoms with Crippen molar-refractivity contribution in [3.8, 4) is 12.5 Å². The summed E-state index contributed by atoms with van der Waals surface area (Å²) < 4.78 is 26.0. The summed E-state index contributed by atoms with van der Waals surface area (Å²) in [4.78, 5) is 0.181. The van der Waals surface area contributed by atoms with E-state index in [1.807, 2.05) is 6.92 Å². The highest BCUT2D eigenvalue weighted by molar-refractivity contribution is 7.89. The molecule has 2 aromatic carbocycles. The summed E-state index contributed by atoms with van der Waals surface area (Å²) in [7, 11) is -3.71. The molecule has 0 spiro atoms. The summed E-state index contributed by atoms with van der Waals surface area (Å²) in [5, 5.41) is 0.590. The summed E-state index contributed by atoms with van der Waals surface area (Å²) in [5.74, 6) is 0. The molecule has 0 N–H and O–H groups in total. The molecule has 0 atom stereocenters. The summed E-state index contributed by atoms with van der Waals surface area (Å²) in [6.07, 6.45) is 5.37. The quantitative estimate of drug-likeness (QED) is 0.639. The molecule has 0 heterocycles. The summed E-state index contributed by atoms with van der Waals surface area (Å²) in [5.41, 5.74) is 1.76. The van der Waals surface area contributed by atoms with Crippen LogP contribution in [0.5, 0.6) is 0 Å². The molecule has 0 saturated carbocycles. The molecule has 0 bridgehead atoms. The molecule has 21 heavy (non-hydrogen) atoms. The largest absolute Gasteiger partial charge is 0.271 e. The third kappa shape index (κ3) is 3.57. The fraction of sp³-hybridized carbons (Fsp3) is 0.125. The molecule has 0 aliphatic rings. The highest BCUT2D eigenvalue weighted by Crippen LogP contribution is 2.19. The van der Waals surface area contributed by atoms with E-state index in [0.29, 0.717) is 5.02 Å². The van der Waals surface area contributed by atoms with Crippen molar-refractivity contribution < 1.29 is 8.42 Å². The minimum Gasteiger partial charge on any atom is -0.220 e. The molecule has 5 heteroatoms. The first-order valence-corrected chi connectivity index (χ1v) is 8.05. The van der Waals surface area contributed by atoms with Gasteiger partial charge in [-0.15, -0.1) is 0 Å². The van der Waals surface area contributed by atoms with Gasteiger partial charge in [-0.1, -0.05) is 47.9 Å². The van der Waals surface area contributed by atoms with Gasteiger partial charge < -0.3 is 0 Å². The minimum absolute atomic E-state index is 0.101. The van der Waals surface area contributed by atoms with E-state index in [2.05, 4.69) is 6.04 Å². The number of benzene rings is 2. The van der Waals surface area contributed by atoms with E-state index >= 15 is 0 Å². The lowest BCUT2D eigenvalue weighted by Crippen LogP contribution is -2.26. The van der Waals surface area contributed by atoms with Crippen LogP contribution in [0.1, 0.15) is 11.1 Å². The van der Waals surface area contributed by atoms with Crippen molar-refractivity contribution in [2.45, 2.75) is 18.4 Å². The molecule has 2 rings (SSSR count). The molecule has 0 unspecified atom stereocenters. The van der Waals surface area contributed by atoms with Gasteiger partial charge in [0.05, 0.1) is 11.4 Å². The molecule has 0 aromatic heterocycles. The first-order valence-electron chi connectivity index (χ1n) is 6.23. The van der Waals surface area contributed by atoms with Gasteiger partial charge in [-0.2, -0.15) is 0 Å². The standard InChI is InChI=1S/C16H14ClNO2S/c1-3-18(12-14-6-8-15(17)9-7-14)21(19,20)16-10-4-13(2)5-11-16/h1,4-11H,12H2,2H3. The summed E-state index contributed by atoms with van der Waals surface area (Å²) in [6.45, 7) is 1.99. The van der Waals surface area contributed by atoms with Gasteiger partial charge in [0.15, 0.2) is 0 Å². The molecule has 0 aliphatic carbocycles. The lowest BCUT2D eigenvalue weighted by Gasteiger charge is -2.18. The Hall–Kier alpha value is -1.96. The molecule has 0 aliphatic heterocycles. The maximum atomic E-state index is 12.5. The number of hydrogen-bond donors (Lipinski definition) is 0. The zero-order chi connectivity index (χ0) is 15.5. The van der Waals surface area contributed by atoms with Crippen LogP contribution >= 0.6 is 11.6 Å². The van der Waals surface area contributed by atoms with Crippen molar-refractivity contribution in [1.29, 1.82) is 0 Å². The van der Waals surface area contributed by atoms with E-state index in [1.165, 1.54) is 0 Å². The van der Waals surface area contributed by atoms with Crippen LogP contribution in [-0.4, -0.2) is 12.7 Å². The van der Waals surface area contributed by atoms with Crippen LogP contribution in [0.15, 0.2) is 53.4 Å². The Kier molecular flexibility index (Phi) is 4.56. The van der Waals surface area contributed by atoms with Crippen molar-refractivity contribution in [3.63, 3.8) is 0 Å². The third-order valence-electron chi connectivity index (χ3n) is 2.99. The van der Waals surface area contributed by atoms with E-state index in [1.54, 1.807) is 48.5 Å². The van der Waals surface area contributed by atoms with Crippen LogP contribution in [-0.2, 0) is 16.6 Å². The topological polar surface area (TPSA) is 37.4 Å². The number of nitrogens with zero attached hydrogens (tertiary/aromatic N) is 1. The second kappa shape index (κ2) is 6.21. The van der Waals surface area contributed by atoms with Gasteiger partial charge in [0.1, 0.15) is 0 Å². The van der Waals surface area contributed by atoms with Crippen molar-refractivity contribution in [1.82, 2.24) is 4.31 Å². The smallest absolute Gasteiger partial charge is 0.220 e. The predicted molar refractivity (Wildman–Crippen MR) is 84.2 cm³/mol. The van der Waals surface area contributed by atoms with Crippen LogP contribution in [0.25, 0.3) is 0 Å². The van der Waals surface area contributed by atoms with Gasteiger partial charge in [0, 0.05) is 11.1 Å². The molecule has 0 fully saturated rings. The highest BCUT2D eigenvalue weighted by atomic mass is 35.5. The van der Waals surface area contributed by atoms with Crippen molar-refractivity contribution in [2.24, 2.45) is 0 Å². The number of sulfonamides is 1. The fourth-order valence-electron chi connectivity index (χ4n) is 1.79. The second-order valence-electron chi connectivity index (χ2n) is 4.58. The maximum absolute atomic E-state index is 12.5. The summed E-state index contributed by atoms with van der Waals surface area (Å²) in [6, 6.07) is 15.7. The van der Waals surface area contributed by atoms with Gasteiger partial charge in [-0.05, 0) is 36.8 Å². The lowest BCUT2D eigenvalue weighted by molar-refractivity contribution is 0.509. The molecule has 108 valence electrons. The zero-order valence-corrected chi connectivity index (χ0v) is 13.0. The Labute approximate surface area is 130 Å². The van der Waals surface area contributed by atoms with Crippen LogP contribution in [0, 0.1) is 19.4 Å². The fourth-order valence-corrected chi connectivity index (χ4v) is 3.11. The molecule has 3 nitrogen and oxygen atoms in total. The predicted octanol–water partition coefficient (Wildman–Crippen LogP) is 3.43. The Morgan fingerprint density at radius 2 is 1.67 bits per heavy atom. The molecule has 0 amide bonds. The molecule has 2 aromatic rings. The van der Waals surface area contributed by atoms with Crippen LogP contribution < -0.4 is 0 Å². The normalized spacial score (nSPS) is 10.9. The molecule has 0 saturated heterocycles. The number of rotatable bonds is 4. The molecule has 0 radical (unpaired) electrons. The highest BCUT2D eigenvalue weighted by Gasteiger charge is 2.22. The monoisotopic (exact) mass is 319 g/mol. The van der Waals surface area contributed by atoms with Gasteiger partial charge in [-0.25, -0.2) is 12.7 Å². The number of halogens is 1. The maximum Gasteiger partial charge on any atom is 0.271 e. The third-order valence-corrected chi connectivity index (χ3v) is 4.93. The van der Waals surface area contributed by atoms with E-state index in [-0.39, 0.29) is 11.4 Å². The van der Waals surface area contributed by atoms with Crippen molar-refractivity contribution in [2.75, 3.05) is 0 Å². The Bertz CT molecular complexity index is 759. The van der Waals surface area contributed by atoms with Crippen LogP contribution in [0.4, 0.5) is 0 Å². The molecular formula is C16H14ClNO2S. The first-order chi connectivity index (χ1) is 9.93. The lowest BCUT2D eigenvalue weighted by atomic mass is 10.2. The number of hydrogen-bond acceptors (Lipinski definition) is 2. The molecular weight excluding hydrogens is 306 g/mol. The van der Waals surface area contributed by atoms with Crippen molar-refractivity contribution >= 4 is 21.6 Å². The first kappa shape index (κ1) is 15.4. The second-order valence-corrected chi connectivity index (χ2v) is 6.88. The van der Waals surface area contributed by atoms with Gasteiger partial charge in [-0.3, -0.25) is 0 Å². The van der Waals surface area contributed by atoms with Gasteiger partial charge in [0.25, 0.3) is 10.0 Å². The number of terminal acetylenes is 1. The SMILES string of the molecule is C#CN(Cc1ccc(Cl)cc1)S(=O)(=O)c1ccc(C)cc1. The Morgan fingerprint density at radius 1 is 1.10 bits per heavy atom. The van der Waals surface area contributed by atoms with E-state index < -0.39 is 10.0 Å². The zero-order valence-electron chi connectivity index (χ0n) is 11.5. The van der Waals surface area contributed by atoms with Gasteiger partial charge in [0.2, 0.25) is 0 Å². The van der Waals surface area contributed by atoms with Crippen molar-refractivity contribution in [3.05, 3.63) is 64.7 Å². The minimum atomic E-state index is -3.71.